The summed E-state index contributed by atoms with van der Waals surface area (Å²) in [4.78, 5) is 0. The molecule has 0 aromatic carbocycles. The van der Waals surface area contributed by atoms with Crippen molar-refractivity contribution in [3.05, 3.63) is 39.2 Å². The Bertz CT molecular complexity index is 77.5. The molecule has 71 valence electrons. The van der Waals surface area contributed by atoms with Crippen molar-refractivity contribution in [2.24, 2.45) is 0 Å². The van der Waals surface area contributed by atoms with Crippen LogP contribution in [0.2, 0.25) is 0 Å². The molecule has 0 amide bonds. The maximum atomic E-state index is 2.99. The molecule has 0 nitrogen and oxygen atoms in total. The molecule has 12 heavy (non-hydrogen) atoms. The SMILES string of the molecule is Br.Br.[C-]1=CC=CC1.[CH3-].[CH3-].[SiH2][SiH2].[Ti+3]. The van der Waals surface area contributed by atoms with Crippen LogP contribution >= 0.6 is 34.0 Å². The summed E-state index contributed by atoms with van der Waals surface area (Å²) >= 11 is 0. The van der Waals surface area contributed by atoms with E-state index in [0.29, 0.717) is 0 Å². The van der Waals surface area contributed by atoms with Crippen LogP contribution < -0.4 is 0 Å². The summed E-state index contributed by atoms with van der Waals surface area (Å²) in [5.74, 6) is 0. The van der Waals surface area contributed by atoms with E-state index in [2.05, 4.69) is 12.2 Å². The largest absolute Gasteiger partial charge is 3.00 e. The molecule has 0 atom stereocenters. The average molecular weight is 365 g/mol. The van der Waals surface area contributed by atoms with Crippen LogP contribution in [0.5, 0.6) is 0 Å². The second-order valence-electron chi connectivity index (χ2n) is 1.00. The van der Waals surface area contributed by atoms with Crippen molar-refractivity contribution in [2.45, 2.75) is 6.42 Å². The van der Waals surface area contributed by atoms with Crippen LogP contribution in [0.25, 0.3) is 0 Å². The molecule has 0 aliphatic heterocycles. The first-order chi connectivity index (χ1) is 3.50. The summed E-state index contributed by atoms with van der Waals surface area (Å²) in [6.07, 6.45) is 10.0. The van der Waals surface area contributed by atoms with Crippen LogP contribution in [0.1, 0.15) is 6.42 Å². The molecule has 0 saturated carbocycles. The van der Waals surface area contributed by atoms with Crippen LogP contribution in [0.15, 0.2) is 18.2 Å². The number of rotatable bonds is 0. The van der Waals surface area contributed by atoms with E-state index in [1.54, 1.807) is 0 Å². The molecule has 0 unspecified atom stereocenters. The number of halogens is 2. The molecule has 1 aliphatic rings. The summed E-state index contributed by atoms with van der Waals surface area (Å²) in [5, 5.41) is 0. The first kappa shape index (κ1) is 37.4. The van der Waals surface area contributed by atoms with E-state index in [1.165, 1.54) is 0 Å². The van der Waals surface area contributed by atoms with Gasteiger partial charge in [0.15, 0.2) is 0 Å². The molecule has 1 rings (SSSR count). The van der Waals surface area contributed by atoms with Gasteiger partial charge in [-0.1, -0.05) is 0 Å². The molecular formula is C7H17Br2Si2Ti. The zero-order valence-corrected chi connectivity index (χ0v) is 15.5. The van der Waals surface area contributed by atoms with E-state index in [0.717, 1.165) is 6.42 Å². The van der Waals surface area contributed by atoms with Gasteiger partial charge in [0.05, 0.1) is 0 Å². The Hall–Kier alpha value is 1.59. The van der Waals surface area contributed by atoms with Crippen molar-refractivity contribution in [1.29, 1.82) is 0 Å². The van der Waals surface area contributed by atoms with E-state index in [9.17, 15) is 0 Å². The minimum atomic E-state index is 0. The van der Waals surface area contributed by atoms with Gasteiger partial charge in [-0.15, -0.1) is 40.4 Å². The minimum absolute atomic E-state index is 0. The monoisotopic (exact) mass is 363 g/mol. The summed E-state index contributed by atoms with van der Waals surface area (Å²) in [6, 6.07) is 0. The van der Waals surface area contributed by atoms with Crippen LogP contribution in [-0.4, -0.2) is 19.5 Å². The maximum Gasteiger partial charge on any atom is 3.00 e. The molecule has 0 heterocycles. The molecule has 3 radical (unpaired) electrons. The molecule has 0 aromatic heterocycles. The van der Waals surface area contributed by atoms with Crippen molar-refractivity contribution >= 4 is 53.5 Å². The smallest absolute Gasteiger partial charge is 0.358 e. The minimum Gasteiger partial charge on any atom is -0.358 e. The molecule has 0 bridgehead atoms. The predicted octanol–water partition coefficient (Wildman–Crippen LogP) is 1.53. The van der Waals surface area contributed by atoms with Gasteiger partial charge in [-0.2, -0.15) is 6.08 Å². The normalized spacial score (nSPS) is 7.83. The van der Waals surface area contributed by atoms with Gasteiger partial charge >= 0.3 is 21.7 Å². The third-order valence-corrected chi connectivity index (χ3v) is 0.586. The van der Waals surface area contributed by atoms with E-state index in [-0.39, 0.29) is 70.5 Å². The van der Waals surface area contributed by atoms with Gasteiger partial charge in [0.1, 0.15) is 0 Å². The molecule has 0 fully saturated rings. The maximum absolute atomic E-state index is 2.99. The number of allylic oxidation sites excluding steroid dienone is 4. The van der Waals surface area contributed by atoms with Gasteiger partial charge in [0.25, 0.3) is 0 Å². The molecule has 0 saturated heterocycles. The second-order valence-corrected chi connectivity index (χ2v) is 1.00. The number of hydrogen-bond donors (Lipinski definition) is 0. The van der Waals surface area contributed by atoms with Crippen molar-refractivity contribution in [1.82, 2.24) is 0 Å². The Kier molecular flexibility index (Phi) is 121. The molecule has 0 spiro atoms. The predicted molar refractivity (Wildman–Crippen MR) is 72.1 cm³/mol. The van der Waals surface area contributed by atoms with Crippen molar-refractivity contribution in [3.63, 3.8) is 0 Å². The Morgan fingerprint density at radius 1 is 1.08 bits per heavy atom. The average Bonchev–Trinajstić information content (AvgIpc) is 2.23. The van der Waals surface area contributed by atoms with Crippen LogP contribution in [-0.2, 0) is 21.7 Å². The molecule has 5 heteroatoms. The Morgan fingerprint density at radius 2 is 1.50 bits per heavy atom. The van der Waals surface area contributed by atoms with Crippen molar-refractivity contribution in [3.8, 4) is 0 Å². The third kappa shape index (κ3) is 29.9. The van der Waals surface area contributed by atoms with Crippen molar-refractivity contribution < 1.29 is 21.7 Å². The van der Waals surface area contributed by atoms with E-state index < -0.39 is 0 Å². The third-order valence-electron chi connectivity index (χ3n) is 0.586. The van der Waals surface area contributed by atoms with Crippen LogP contribution in [0, 0.1) is 20.9 Å². The Balaban J connectivity index is -0.0000000122. The standard InChI is InChI=1S/C5H5.2CH3.2BrH.H4Si2.Ti/c1-2-4-5-3-1;;;;;1-2;/h1-3H,4H2;2*1H3;2*1H;1-2H2;/q3*-1;;;;+3. The van der Waals surface area contributed by atoms with E-state index in [4.69, 9.17) is 0 Å². The van der Waals surface area contributed by atoms with Crippen molar-refractivity contribution in [2.75, 3.05) is 0 Å². The van der Waals surface area contributed by atoms with Crippen LogP contribution in [0.4, 0.5) is 0 Å². The molecule has 1 aliphatic carbocycles. The van der Waals surface area contributed by atoms with Gasteiger partial charge in [0.2, 0.25) is 0 Å². The fraction of sp³-hybridized carbons (Fsp3) is 0.143. The summed E-state index contributed by atoms with van der Waals surface area (Å²) in [6.45, 7) is 0. The Morgan fingerprint density at radius 3 is 1.58 bits per heavy atom. The van der Waals surface area contributed by atoms with Gasteiger partial charge in [-0.3, -0.25) is 6.08 Å². The zero-order chi connectivity index (χ0) is 5.54. The van der Waals surface area contributed by atoms with Gasteiger partial charge in [-0.25, -0.2) is 12.2 Å². The second kappa shape index (κ2) is 38.9. The van der Waals surface area contributed by atoms with Crippen LogP contribution in [0.3, 0.4) is 0 Å². The van der Waals surface area contributed by atoms with Gasteiger partial charge < -0.3 is 14.9 Å². The molecule has 0 aromatic rings. The fourth-order valence-corrected chi connectivity index (χ4v) is 0.340. The summed E-state index contributed by atoms with van der Waals surface area (Å²) in [5.41, 5.74) is 0. The summed E-state index contributed by atoms with van der Waals surface area (Å²) < 4.78 is 0. The number of hydrogen-bond acceptors (Lipinski definition) is 0. The van der Waals surface area contributed by atoms with E-state index >= 15 is 0 Å². The topological polar surface area (TPSA) is 0 Å². The first-order valence-corrected chi connectivity index (χ1v) is 6.22. The fourth-order valence-electron chi connectivity index (χ4n) is 0.340. The van der Waals surface area contributed by atoms with Gasteiger partial charge in [0, 0.05) is 0 Å². The molecule has 0 N–H and O–H groups in total. The van der Waals surface area contributed by atoms with E-state index in [1.807, 2.05) is 31.7 Å². The quantitative estimate of drug-likeness (QED) is 0.451. The summed E-state index contributed by atoms with van der Waals surface area (Å²) in [7, 11) is 3.78. The van der Waals surface area contributed by atoms with Gasteiger partial charge in [-0.05, 0) is 19.5 Å². The zero-order valence-electron chi connectivity index (χ0n) is 7.67. The Labute approximate surface area is 120 Å². The first-order valence-electron chi connectivity index (χ1n) is 2.22. The molecular weight excluding hydrogens is 348 g/mol.